The second kappa shape index (κ2) is 5.79. The number of carbonyl (C=O) groups excluding carboxylic acids is 1. The molecule has 0 atom stereocenters. The zero-order chi connectivity index (χ0) is 16.5. The first kappa shape index (κ1) is 16.0. The molecule has 9 nitrogen and oxygen atoms in total. The maximum Gasteiger partial charge on any atom is 0.273 e. The largest absolute Gasteiger partial charge is 0.354 e. The Labute approximate surface area is 128 Å². The molecular weight excluding hydrogens is 308 g/mol. The molecule has 0 spiro atoms. The molecule has 22 heavy (non-hydrogen) atoms. The van der Waals surface area contributed by atoms with Crippen LogP contribution in [0.15, 0.2) is 17.3 Å². The number of amides is 1. The molecule has 0 fully saturated rings. The van der Waals surface area contributed by atoms with Gasteiger partial charge in [-0.25, -0.2) is 8.42 Å². The number of nitrogens with zero attached hydrogens (tertiary/aromatic N) is 4. The molecule has 2 N–H and O–H groups in total. The van der Waals surface area contributed by atoms with E-state index in [4.69, 9.17) is 0 Å². The van der Waals surface area contributed by atoms with E-state index in [1.54, 1.807) is 14.0 Å². The van der Waals surface area contributed by atoms with Crippen LogP contribution in [0.2, 0.25) is 0 Å². The number of sulfonamides is 1. The second-order valence-corrected chi connectivity index (χ2v) is 6.30. The highest BCUT2D eigenvalue weighted by atomic mass is 32.2. The van der Waals surface area contributed by atoms with Crippen LogP contribution in [0, 0.1) is 6.92 Å². The molecule has 0 aromatic carbocycles. The van der Waals surface area contributed by atoms with E-state index >= 15 is 0 Å². The van der Waals surface area contributed by atoms with E-state index in [2.05, 4.69) is 20.2 Å². The van der Waals surface area contributed by atoms with Gasteiger partial charge < -0.3 is 5.32 Å². The maximum absolute atomic E-state index is 12.5. The minimum Gasteiger partial charge on any atom is -0.354 e. The molecule has 1 amide bonds. The van der Waals surface area contributed by atoms with Crippen molar-refractivity contribution in [2.75, 3.05) is 11.8 Å². The highest BCUT2D eigenvalue weighted by Crippen LogP contribution is 2.21. The van der Waals surface area contributed by atoms with Gasteiger partial charge in [-0.3, -0.25) is 18.9 Å². The summed E-state index contributed by atoms with van der Waals surface area (Å²) in [7, 11) is -0.742. The van der Waals surface area contributed by atoms with Crippen molar-refractivity contribution in [2.45, 2.75) is 25.3 Å². The van der Waals surface area contributed by atoms with Crippen molar-refractivity contribution in [1.82, 2.24) is 24.9 Å². The van der Waals surface area contributed by atoms with Crippen molar-refractivity contribution < 1.29 is 13.2 Å². The zero-order valence-corrected chi connectivity index (χ0v) is 13.6. The van der Waals surface area contributed by atoms with Crippen molar-refractivity contribution in [3.05, 3.63) is 23.8 Å². The predicted octanol–water partition coefficient (Wildman–Crippen LogP) is 0.105. The Bertz CT molecular complexity index is 805. The average molecular weight is 326 g/mol. The fraction of sp³-hybridized carbons (Fsp3) is 0.417. The number of hydrogen-bond donors (Lipinski definition) is 2. The third kappa shape index (κ3) is 2.82. The Hall–Kier alpha value is -2.36. The summed E-state index contributed by atoms with van der Waals surface area (Å²) >= 11 is 0. The van der Waals surface area contributed by atoms with E-state index in [1.165, 1.54) is 28.8 Å². The standard InChI is InChI=1S/C12H18N6O3S/c1-5-18-7-9(11(15-18)12(19)13-3)16-22(20,21)10-6-14-17(4)8(10)2/h6-7,16H,5H2,1-4H3,(H,13,19). The number of anilines is 1. The van der Waals surface area contributed by atoms with Crippen LogP contribution in [0.25, 0.3) is 0 Å². The van der Waals surface area contributed by atoms with Gasteiger partial charge in [0.15, 0.2) is 5.69 Å². The molecule has 2 rings (SSSR count). The Morgan fingerprint density at radius 1 is 1.41 bits per heavy atom. The highest BCUT2D eigenvalue weighted by molar-refractivity contribution is 7.92. The summed E-state index contributed by atoms with van der Waals surface area (Å²) in [6, 6.07) is 0. The maximum atomic E-state index is 12.5. The minimum absolute atomic E-state index is 0.0227. The molecule has 120 valence electrons. The van der Waals surface area contributed by atoms with Gasteiger partial charge in [-0.2, -0.15) is 10.2 Å². The van der Waals surface area contributed by atoms with Crippen LogP contribution in [0.5, 0.6) is 0 Å². The fourth-order valence-electron chi connectivity index (χ4n) is 1.89. The molecule has 0 saturated carbocycles. The minimum atomic E-state index is -3.85. The number of rotatable bonds is 5. The summed E-state index contributed by atoms with van der Waals surface area (Å²) in [5.74, 6) is -0.465. The quantitative estimate of drug-likeness (QED) is 0.810. The van der Waals surface area contributed by atoms with Crippen LogP contribution in [-0.4, -0.2) is 40.9 Å². The highest BCUT2D eigenvalue weighted by Gasteiger charge is 2.24. The van der Waals surface area contributed by atoms with Gasteiger partial charge in [-0.15, -0.1) is 0 Å². The average Bonchev–Trinajstić information content (AvgIpc) is 3.02. The van der Waals surface area contributed by atoms with E-state index in [-0.39, 0.29) is 16.3 Å². The summed E-state index contributed by atoms with van der Waals surface area (Å²) < 4.78 is 30.3. The third-order valence-electron chi connectivity index (χ3n) is 3.25. The van der Waals surface area contributed by atoms with E-state index < -0.39 is 15.9 Å². The van der Waals surface area contributed by atoms with Crippen LogP contribution >= 0.6 is 0 Å². The Kier molecular flexibility index (Phi) is 4.22. The van der Waals surface area contributed by atoms with Gasteiger partial charge in [-0.05, 0) is 13.8 Å². The Morgan fingerprint density at radius 2 is 2.09 bits per heavy atom. The van der Waals surface area contributed by atoms with Gasteiger partial charge in [-0.1, -0.05) is 0 Å². The van der Waals surface area contributed by atoms with Gasteiger partial charge in [0, 0.05) is 26.8 Å². The summed E-state index contributed by atoms with van der Waals surface area (Å²) in [6.07, 6.45) is 2.75. The topological polar surface area (TPSA) is 111 Å². The van der Waals surface area contributed by atoms with Crippen LogP contribution < -0.4 is 10.0 Å². The first-order valence-corrected chi connectivity index (χ1v) is 8.09. The molecule has 10 heteroatoms. The van der Waals surface area contributed by atoms with Gasteiger partial charge in [0.05, 0.1) is 17.6 Å². The lowest BCUT2D eigenvalue weighted by molar-refractivity contribution is 0.0958. The number of hydrogen-bond acceptors (Lipinski definition) is 5. The van der Waals surface area contributed by atoms with E-state index in [0.717, 1.165) is 0 Å². The molecule has 0 aliphatic carbocycles. The summed E-state index contributed by atoms with van der Waals surface area (Å²) in [5.41, 5.74) is 0.649. The summed E-state index contributed by atoms with van der Waals surface area (Å²) in [6.45, 7) is 4.00. The second-order valence-electron chi connectivity index (χ2n) is 4.65. The van der Waals surface area contributed by atoms with Crippen LogP contribution in [0.3, 0.4) is 0 Å². The molecule has 0 aliphatic rings. The fourth-order valence-corrected chi connectivity index (χ4v) is 3.14. The van der Waals surface area contributed by atoms with E-state index in [0.29, 0.717) is 12.2 Å². The molecule has 2 aromatic heterocycles. The Morgan fingerprint density at radius 3 is 2.59 bits per heavy atom. The lowest BCUT2D eigenvalue weighted by Crippen LogP contribution is -2.22. The lowest BCUT2D eigenvalue weighted by atomic mass is 10.3. The first-order valence-electron chi connectivity index (χ1n) is 6.61. The molecule has 0 unspecified atom stereocenters. The lowest BCUT2D eigenvalue weighted by Gasteiger charge is -2.07. The van der Waals surface area contributed by atoms with Gasteiger partial charge in [0.2, 0.25) is 0 Å². The van der Waals surface area contributed by atoms with Crippen molar-refractivity contribution in [1.29, 1.82) is 0 Å². The first-order chi connectivity index (χ1) is 10.3. The molecule has 2 heterocycles. The van der Waals surface area contributed by atoms with Gasteiger partial charge in [0.1, 0.15) is 4.90 Å². The van der Waals surface area contributed by atoms with Crippen LogP contribution in [-0.2, 0) is 23.6 Å². The molecule has 0 radical (unpaired) electrons. The molecule has 0 bridgehead atoms. The summed E-state index contributed by atoms with van der Waals surface area (Å²) in [5, 5.41) is 10.4. The summed E-state index contributed by atoms with van der Waals surface area (Å²) in [4.78, 5) is 11.9. The van der Waals surface area contributed by atoms with Crippen molar-refractivity contribution in [2.24, 2.45) is 7.05 Å². The smallest absolute Gasteiger partial charge is 0.273 e. The number of aryl methyl sites for hydroxylation is 2. The zero-order valence-electron chi connectivity index (χ0n) is 12.8. The normalized spacial score (nSPS) is 11.5. The molecular formula is C12H18N6O3S. The Balaban J connectivity index is 2.43. The van der Waals surface area contributed by atoms with E-state index in [9.17, 15) is 13.2 Å². The molecule has 0 saturated heterocycles. The van der Waals surface area contributed by atoms with Crippen molar-refractivity contribution in [3.63, 3.8) is 0 Å². The van der Waals surface area contributed by atoms with E-state index in [1.807, 2.05) is 6.92 Å². The molecule has 2 aromatic rings. The number of aromatic nitrogens is 4. The van der Waals surface area contributed by atoms with Gasteiger partial charge >= 0.3 is 0 Å². The van der Waals surface area contributed by atoms with Gasteiger partial charge in [0.25, 0.3) is 15.9 Å². The third-order valence-corrected chi connectivity index (χ3v) is 4.72. The predicted molar refractivity (Wildman–Crippen MR) is 80.0 cm³/mol. The van der Waals surface area contributed by atoms with Crippen LogP contribution in [0.4, 0.5) is 5.69 Å². The van der Waals surface area contributed by atoms with Crippen molar-refractivity contribution in [3.8, 4) is 0 Å². The monoisotopic (exact) mass is 326 g/mol. The van der Waals surface area contributed by atoms with Crippen LogP contribution in [0.1, 0.15) is 23.1 Å². The number of carbonyl (C=O) groups is 1. The molecule has 0 aliphatic heterocycles. The van der Waals surface area contributed by atoms with Crippen molar-refractivity contribution >= 4 is 21.6 Å². The SMILES string of the molecule is CCn1cc(NS(=O)(=O)c2cnn(C)c2C)c(C(=O)NC)n1. The number of nitrogens with one attached hydrogen (secondary N) is 2.